The van der Waals surface area contributed by atoms with Gasteiger partial charge in [0.05, 0.1) is 18.2 Å². The third kappa shape index (κ3) is 3.66. The highest BCUT2D eigenvalue weighted by atomic mass is 35.5. The molecule has 0 radical (unpaired) electrons. The van der Waals surface area contributed by atoms with Crippen molar-refractivity contribution in [3.63, 3.8) is 0 Å². The fraction of sp³-hybridized carbons (Fsp3) is 0. The van der Waals surface area contributed by atoms with Gasteiger partial charge in [0, 0.05) is 15.3 Å². The number of furan rings is 1. The molecular formula is C18H12ClN3OS2. The lowest BCUT2D eigenvalue weighted by Gasteiger charge is -2.00. The van der Waals surface area contributed by atoms with Crippen LogP contribution in [0, 0.1) is 0 Å². The summed E-state index contributed by atoms with van der Waals surface area (Å²) in [6.45, 7) is 0. The third-order valence-electron chi connectivity index (χ3n) is 3.35. The summed E-state index contributed by atoms with van der Waals surface area (Å²) in [5.74, 6) is 0.747. The van der Waals surface area contributed by atoms with Crippen molar-refractivity contribution in [2.45, 2.75) is 0 Å². The van der Waals surface area contributed by atoms with E-state index in [4.69, 9.17) is 16.0 Å². The molecular weight excluding hydrogens is 374 g/mol. The summed E-state index contributed by atoms with van der Waals surface area (Å²) < 4.78 is 7.32. The van der Waals surface area contributed by atoms with Crippen molar-refractivity contribution >= 4 is 46.2 Å². The molecule has 25 heavy (non-hydrogen) atoms. The van der Waals surface area contributed by atoms with Gasteiger partial charge >= 0.3 is 0 Å². The molecule has 0 saturated carbocycles. The minimum Gasteiger partial charge on any atom is -0.463 e. The van der Waals surface area contributed by atoms with E-state index < -0.39 is 0 Å². The summed E-state index contributed by atoms with van der Waals surface area (Å²) in [6, 6.07) is 15.2. The molecule has 0 spiro atoms. The van der Waals surface area contributed by atoms with Crippen LogP contribution in [-0.4, -0.2) is 10.9 Å². The zero-order chi connectivity index (χ0) is 17.1. The topological polar surface area (TPSA) is 42.8 Å². The Morgan fingerprint density at radius 2 is 1.92 bits per heavy atom. The van der Waals surface area contributed by atoms with Gasteiger partial charge in [-0.3, -0.25) is 0 Å². The van der Waals surface area contributed by atoms with E-state index in [2.05, 4.69) is 10.1 Å². The van der Waals surface area contributed by atoms with Crippen molar-refractivity contribution < 1.29 is 4.42 Å². The number of benzene rings is 1. The number of hydrogen-bond acceptors (Lipinski definition) is 5. The molecule has 0 amide bonds. The van der Waals surface area contributed by atoms with Crippen LogP contribution in [0.25, 0.3) is 11.5 Å². The molecule has 4 rings (SSSR count). The first kappa shape index (κ1) is 16.1. The Bertz CT molecular complexity index is 1040. The summed E-state index contributed by atoms with van der Waals surface area (Å²) in [7, 11) is 0. The molecule has 0 atom stereocenters. The Hall–Kier alpha value is -2.41. The first-order chi connectivity index (χ1) is 12.3. The van der Waals surface area contributed by atoms with Gasteiger partial charge in [-0.15, -0.1) is 22.7 Å². The highest BCUT2D eigenvalue weighted by Crippen LogP contribution is 2.22. The van der Waals surface area contributed by atoms with Gasteiger partial charge in [-0.2, -0.15) is 5.10 Å². The molecule has 4 nitrogen and oxygen atoms in total. The normalized spacial score (nSPS) is 12.3. The van der Waals surface area contributed by atoms with E-state index in [1.54, 1.807) is 22.3 Å². The highest BCUT2D eigenvalue weighted by molar-refractivity contribution is 7.11. The molecule has 7 heteroatoms. The summed E-state index contributed by atoms with van der Waals surface area (Å²) in [4.78, 5) is 6.51. The quantitative estimate of drug-likeness (QED) is 0.419. The van der Waals surface area contributed by atoms with Gasteiger partial charge in [0.1, 0.15) is 5.69 Å². The maximum atomic E-state index is 5.95. The van der Waals surface area contributed by atoms with E-state index >= 15 is 0 Å². The Balaban J connectivity index is 1.82. The van der Waals surface area contributed by atoms with Crippen LogP contribution in [0.5, 0.6) is 0 Å². The minimum absolute atomic E-state index is 0.685. The smallest absolute Gasteiger partial charge is 0.211 e. The molecule has 0 aliphatic carbocycles. The van der Waals surface area contributed by atoms with Crippen molar-refractivity contribution in [1.82, 2.24) is 4.68 Å². The number of thiophene rings is 1. The molecule has 0 aliphatic rings. The zero-order valence-corrected chi connectivity index (χ0v) is 15.3. The van der Waals surface area contributed by atoms with Crippen LogP contribution in [0.15, 0.2) is 80.1 Å². The van der Waals surface area contributed by atoms with Gasteiger partial charge in [-0.1, -0.05) is 17.7 Å². The van der Waals surface area contributed by atoms with Crippen LogP contribution in [0.1, 0.15) is 4.88 Å². The lowest BCUT2D eigenvalue weighted by molar-refractivity contribution is 0.575. The number of halogens is 1. The average Bonchev–Trinajstić information content (AvgIpc) is 3.37. The molecule has 3 heterocycles. The molecule has 4 aromatic rings. The van der Waals surface area contributed by atoms with Crippen LogP contribution >= 0.6 is 34.3 Å². The van der Waals surface area contributed by atoms with E-state index in [0.717, 1.165) is 26.8 Å². The Morgan fingerprint density at radius 1 is 1.04 bits per heavy atom. The fourth-order valence-electron chi connectivity index (χ4n) is 2.19. The van der Waals surface area contributed by atoms with E-state index in [0.29, 0.717) is 5.02 Å². The van der Waals surface area contributed by atoms with Crippen molar-refractivity contribution in [2.24, 2.45) is 10.1 Å². The van der Waals surface area contributed by atoms with Gasteiger partial charge in [-0.05, 0) is 47.8 Å². The fourth-order valence-corrected chi connectivity index (χ4v) is 3.73. The first-order valence-corrected chi connectivity index (χ1v) is 9.56. The lowest BCUT2D eigenvalue weighted by Crippen LogP contribution is -2.11. The Morgan fingerprint density at radius 3 is 2.64 bits per heavy atom. The van der Waals surface area contributed by atoms with Gasteiger partial charge in [-0.25, -0.2) is 9.67 Å². The second kappa shape index (κ2) is 7.23. The maximum Gasteiger partial charge on any atom is 0.211 e. The molecule has 0 saturated heterocycles. The second-order valence-electron chi connectivity index (χ2n) is 5.04. The lowest BCUT2D eigenvalue weighted by atomic mass is 10.3. The summed E-state index contributed by atoms with van der Waals surface area (Å²) in [5.41, 5.74) is 1.67. The van der Waals surface area contributed by atoms with Crippen LogP contribution in [0.4, 0.5) is 5.69 Å². The number of aromatic nitrogens is 1. The highest BCUT2D eigenvalue weighted by Gasteiger charge is 2.10. The van der Waals surface area contributed by atoms with Crippen LogP contribution in [-0.2, 0) is 0 Å². The van der Waals surface area contributed by atoms with Crippen molar-refractivity contribution in [1.29, 1.82) is 0 Å². The molecule has 0 fully saturated rings. The predicted octanol–water partition coefficient (Wildman–Crippen LogP) is 5.64. The molecule has 0 aliphatic heterocycles. The molecule has 1 aromatic carbocycles. The minimum atomic E-state index is 0.685. The number of hydrogen-bond donors (Lipinski definition) is 0. The van der Waals surface area contributed by atoms with E-state index in [-0.39, 0.29) is 0 Å². The van der Waals surface area contributed by atoms with Crippen LogP contribution < -0.4 is 4.80 Å². The number of rotatable bonds is 4. The second-order valence-corrected chi connectivity index (χ2v) is 7.29. The Labute approximate surface area is 157 Å². The van der Waals surface area contributed by atoms with Gasteiger partial charge in [0.25, 0.3) is 0 Å². The van der Waals surface area contributed by atoms with E-state index in [1.165, 1.54) is 11.3 Å². The predicted molar refractivity (Wildman–Crippen MR) is 104 cm³/mol. The van der Waals surface area contributed by atoms with Crippen LogP contribution in [0.2, 0.25) is 5.02 Å². The molecule has 3 aromatic heterocycles. The van der Waals surface area contributed by atoms with Crippen molar-refractivity contribution in [2.75, 3.05) is 0 Å². The van der Waals surface area contributed by atoms with Crippen molar-refractivity contribution in [3.05, 3.63) is 80.3 Å². The number of nitrogens with zero attached hydrogens (tertiary/aromatic N) is 3. The van der Waals surface area contributed by atoms with Crippen molar-refractivity contribution in [3.8, 4) is 11.5 Å². The third-order valence-corrected chi connectivity index (χ3v) is 5.23. The largest absolute Gasteiger partial charge is 0.463 e. The Kier molecular flexibility index (Phi) is 4.65. The summed E-state index contributed by atoms with van der Waals surface area (Å²) in [5, 5.41) is 9.30. The summed E-state index contributed by atoms with van der Waals surface area (Å²) in [6.07, 6.45) is 3.47. The van der Waals surface area contributed by atoms with Crippen LogP contribution in [0.3, 0.4) is 0 Å². The van der Waals surface area contributed by atoms with E-state index in [9.17, 15) is 0 Å². The van der Waals surface area contributed by atoms with E-state index in [1.807, 2.05) is 65.5 Å². The first-order valence-electron chi connectivity index (χ1n) is 7.42. The zero-order valence-electron chi connectivity index (χ0n) is 12.9. The molecule has 0 unspecified atom stereocenters. The summed E-state index contributed by atoms with van der Waals surface area (Å²) >= 11 is 9.08. The van der Waals surface area contributed by atoms with Gasteiger partial charge < -0.3 is 4.42 Å². The number of thiazole rings is 1. The monoisotopic (exact) mass is 385 g/mol. The van der Waals surface area contributed by atoms with Gasteiger partial charge in [0.2, 0.25) is 4.80 Å². The molecule has 0 N–H and O–H groups in total. The average molecular weight is 386 g/mol. The molecule has 0 bridgehead atoms. The SMILES string of the molecule is Clc1ccc(N=c2scc(-c3ccco3)n2N=Cc2cccs2)cc1. The molecule has 124 valence electrons. The maximum absolute atomic E-state index is 5.95. The van der Waals surface area contributed by atoms with Gasteiger partial charge in [0.15, 0.2) is 5.76 Å². The standard InChI is InChI=1S/C18H12ClN3OS2/c19-13-5-7-14(8-6-13)21-18-22(20-11-15-3-2-10-24-15)16(12-25-18)17-4-1-9-23-17/h1-12H.